The number of aliphatic hydroxyl groups is 1. The lowest BCUT2D eigenvalue weighted by atomic mass is 10.00. The summed E-state index contributed by atoms with van der Waals surface area (Å²) in [6, 6.07) is 4.34. The number of nitrogens with one attached hydrogen (secondary N) is 1. The van der Waals surface area contributed by atoms with Crippen LogP contribution in [0.1, 0.15) is 31.4 Å². The second kappa shape index (κ2) is 5.21. The number of aromatic nitrogens is 1. The zero-order chi connectivity index (χ0) is 13.2. The lowest BCUT2D eigenvalue weighted by Crippen LogP contribution is -2.25. The summed E-state index contributed by atoms with van der Waals surface area (Å²) < 4.78 is 5.63. The van der Waals surface area contributed by atoms with Crippen molar-refractivity contribution in [1.29, 1.82) is 0 Å². The van der Waals surface area contributed by atoms with Crippen molar-refractivity contribution in [2.75, 3.05) is 11.9 Å². The molecule has 4 heteroatoms. The summed E-state index contributed by atoms with van der Waals surface area (Å²) in [6.07, 6.45) is 6.22. The van der Waals surface area contributed by atoms with Crippen molar-refractivity contribution < 1.29 is 9.52 Å². The van der Waals surface area contributed by atoms with Crippen molar-refractivity contribution >= 4 is 16.8 Å². The zero-order valence-corrected chi connectivity index (χ0v) is 11.2. The summed E-state index contributed by atoms with van der Waals surface area (Å²) in [5.74, 6) is 2.36. The van der Waals surface area contributed by atoms with E-state index in [0.717, 1.165) is 35.4 Å². The third-order valence-corrected chi connectivity index (χ3v) is 4.05. The molecule has 2 atom stereocenters. The van der Waals surface area contributed by atoms with E-state index < -0.39 is 0 Å². The maximum Gasteiger partial charge on any atom is 0.139 e. The van der Waals surface area contributed by atoms with E-state index in [1.54, 1.807) is 6.20 Å². The van der Waals surface area contributed by atoms with Crippen LogP contribution < -0.4 is 5.32 Å². The summed E-state index contributed by atoms with van der Waals surface area (Å²) in [4.78, 5) is 4.44. The molecule has 0 radical (unpaired) electrons. The van der Waals surface area contributed by atoms with Crippen molar-refractivity contribution in [3.63, 3.8) is 0 Å². The summed E-state index contributed by atoms with van der Waals surface area (Å²) in [5, 5.41) is 13.7. The average molecular weight is 260 g/mol. The Hall–Kier alpha value is -1.55. The highest BCUT2D eigenvalue weighted by molar-refractivity contribution is 5.88. The standard InChI is InChI=1S/C15H20N2O2/c1-10-9-12-14(19-10)5-7-16-15(12)17-13-4-2-3-11(13)6-8-18/h5,7,9,11,13,18H,2-4,6,8H2,1H3,(H,16,17). The van der Waals surface area contributed by atoms with E-state index >= 15 is 0 Å². The minimum atomic E-state index is 0.269. The van der Waals surface area contributed by atoms with Gasteiger partial charge in [-0.15, -0.1) is 0 Å². The molecule has 0 saturated heterocycles. The number of nitrogens with zero attached hydrogens (tertiary/aromatic N) is 1. The predicted molar refractivity (Wildman–Crippen MR) is 75.2 cm³/mol. The first kappa shape index (κ1) is 12.5. The molecule has 0 aliphatic heterocycles. The van der Waals surface area contributed by atoms with Crippen LogP contribution in [0.25, 0.3) is 11.0 Å². The number of rotatable bonds is 4. The molecule has 2 N–H and O–H groups in total. The number of aryl methyl sites for hydroxylation is 1. The van der Waals surface area contributed by atoms with Gasteiger partial charge in [-0.25, -0.2) is 4.98 Å². The molecule has 0 bridgehead atoms. The fraction of sp³-hybridized carbons (Fsp3) is 0.533. The van der Waals surface area contributed by atoms with Crippen LogP contribution >= 0.6 is 0 Å². The van der Waals surface area contributed by atoms with Crippen LogP contribution in [0.5, 0.6) is 0 Å². The maximum atomic E-state index is 9.13. The number of furan rings is 1. The van der Waals surface area contributed by atoms with Crippen molar-refractivity contribution in [3.8, 4) is 0 Å². The van der Waals surface area contributed by atoms with Crippen molar-refractivity contribution in [2.24, 2.45) is 5.92 Å². The summed E-state index contributed by atoms with van der Waals surface area (Å²) >= 11 is 0. The topological polar surface area (TPSA) is 58.3 Å². The molecule has 2 unspecified atom stereocenters. The fourth-order valence-corrected chi connectivity index (χ4v) is 3.12. The molecule has 102 valence electrons. The van der Waals surface area contributed by atoms with Crippen LogP contribution in [0.2, 0.25) is 0 Å². The van der Waals surface area contributed by atoms with Gasteiger partial charge in [-0.2, -0.15) is 0 Å². The van der Waals surface area contributed by atoms with Crippen molar-refractivity contribution in [1.82, 2.24) is 4.98 Å². The molecule has 1 aliphatic carbocycles. The molecule has 4 nitrogen and oxygen atoms in total. The van der Waals surface area contributed by atoms with E-state index in [2.05, 4.69) is 10.3 Å². The third kappa shape index (κ3) is 2.45. The van der Waals surface area contributed by atoms with E-state index in [-0.39, 0.29) is 6.61 Å². The molecule has 1 aliphatic rings. The van der Waals surface area contributed by atoms with Gasteiger partial charge in [-0.3, -0.25) is 0 Å². The zero-order valence-electron chi connectivity index (χ0n) is 11.2. The van der Waals surface area contributed by atoms with E-state index in [0.29, 0.717) is 12.0 Å². The first-order valence-corrected chi connectivity index (χ1v) is 7.00. The Morgan fingerprint density at radius 1 is 1.47 bits per heavy atom. The monoisotopic (exact) mass is 260 g/mol. The molecule has 0 aromatic carbocycles. The van der Waals surface area contributed by atoms with E-state index in [4.69, 9.17) is 9.52 Å². The Balaban J connectivity index is 1.84. The molecule has 2 heterocycles. The van der Waals surface area contributed by atoms with Gasteiger partial charge in [0.25, 0.3) is 0 Å². The molecule has 1 fully saturated rings. The minimum absolute atomic E-state index is 0.269. The Morgan fingerprint density at radius 3 is 3.21 bits per heavy atom. The lowest BCUT2D eigenvalue weighted by molar-refractivity contribution is 0.254. The Bertz CT molecular complexity index is 564. The lowest BCUT2D eigenvalue weighted by Gasteiger charge is -2.21. The van der Waals surface area contributed by atoms with Gasteiger partial charge in [-0.05, 0) is 44.2 Å². The molecule has 0 spiro atoms. The largest absolute Gasteiger partial charge is 0.461 e. The fourth-order valence-electron chi connectivity index (χ4n) is 3.12. The van der Waals surface area contributed by atoms with E-state index in [1.165, 1.54) is 12.8 Å². The first-order chi connectivity index (χ1) is 9.28. The van der Waals surface area contributed by atoms with Crippen LogP contribution in [0, 0.1) is 12.8 Å². The van der Waals surface area contributed by atoms with Gasteiger partial charge >= 0.3 is 0 Å². The van der Waals surface area contributed by atoms with E-state index in [1.807, 2.05) is 19.1 Å². The van der Waals surface area contributed by atoms with Gasteiger partial charge in [0.1, 0.15) is 17.2 Å². The number of aliphatic hydroxyl groups excluding tert-OH is 1. The quantitative estimate of drug-likeness (QED) is 0.887. The second-order valence-electron chi connectivity index (χ2n) is 5.38. The smallest absolute Gasteiger partial charge is 0.139 e. The van der Waals surface area contributed by atoms with E-state index in [9.17, 15) is 0 Å². The minimum Gasteiger partial charge on any atom is -0.461 e. The molecule has 2 aromatic rings. The number of fused-ring (bicyclic) bond motifs is 1. The van der Waals surface area contributed by atoms with Crippen LogP contribution in [-0.2, 0) is 0 Å². The van der Waals surface area contributed by atoms with Crippen molar-refractivity contribution in [2.45, 2.75) is 38.6 Å². The molecule has 2 aromatic heterocycles. The molecule has 19 heavy (non-hydrogen) atoms. The van der Waals surface area contributed by atoms with Crippen molar-refractivity contribution in [3.05, 3.63) is 24.1 Å². The SMILES string of the molecule is Cc1cc2c(NC3CCCC3CCO)nccc2o1. The second-order valence-corrected chi connectivity index (χ2v) is 5.38. The Labute approximate surface area is 112 Å². The van der Waals surface area contributed by atoms with Gasteiger partial charge in [0.2, 0.25) is 0 Å². The molecular formula is C15H20N2O2. The van der Waals surface area contributed by atoms with Crippen LogP contribution in [0.15, 0.2) is 22.7 Å². The summed E-state index contributed by atoms with van der Waals surface area (Å²) in [6.45, 7) is 2.22. The molecular weight excluding hydrogens is 240 g/mol. The summed E-state index contributed by atoms with van der Waals surface area (Å²) in [7, 11) is 0. The average Bonchev–Trinajstić information content (AvgIpc) is 2.97. The highest BCUT2D eigenvalue weighted by atomic mass is 16.3. The highest BCUT2D eigenvalue weighted by Crippen LogP contribution is 2.32. The number of anilines is 1. The first-order valence-electron chi connectivity index (χ1n) is 7.00. The predicted octanol–water partition coefficient (Wildman–Crippen LogP) is 3.10. The van der Waals surface area contributed by atoms with Crippen LogP contribution in [0.3, 0.4) is 0 Å². The van der Waals surface area contributed by atoms with Crippen LogP contribution in [0.4, 0.5) is 5.82 Å². The normalized spacial score (nSPS) is 23.1. The molecule has 1 saturated carbocycles. The number of hydrogen-bond acceptors (Lipinski definition) is 4. The molecule has 0 amide bonds. The number of hydrogen-bond donors (Lipinski definition) is 2. The van der Waals surface area contributed by atoms with Crippen LogP contribution in [-0.4, -0.2) is 22.7 Å². The Kier molecular flexibility index (Phi) is 3.42. The highest BCUT2D eigenvalue weighted by Gasteiger charge is 2.27. The summed E-state index contributed by atoms with van der Waals surface area (Å²) in [5.41, 5.74) is 0.881. The Morgan fingerprint density at radius 2 is 2.37 bits per heavy atom. The van der Waals surface area contributed by atoms with Gasteiger partial charge in [0, 0.05) is 18.8 Å². The number of pyridine rings is 1. The maximum absolute atomic E-state index is 9.13. The third-order valence-electron chi connectivity index (χ3n) is 4.05. The van der Waals surface area contributed by atoms with Gasteiger partial charge in [-0.1, -0.05) is 6.42 Å². The van der Waals surface area contributed by atoms with Gasteiger partial charge in [0.15, 0.2) is 0 Å². The van der Waals surface area contributed by atoms with Gasteiger partial charge < -0.3 is 14.8 Å². The van der Waals surface area contributed by atoms with Gasteiger partial charge in [0.05, 0.1) is 5.39 Å². The molecule has 3 rings (SSSR count).